The second kappa shape index (κ2) is 8.39. The minimum Gasteiger partial charge on any atom is -0.356 e. The Morgan fingerprint density at radius 2 is 2.05 bits per heavy atom. The molecular weight excluding hydrogens is 302 g/mol. The highest BCUT2D eigenvalue weighted by atomic mass is 32.2. The Hall–Kier alpha value is -2.07. The maximum Gasteiger partial charge on any atom is 0.232 e. The highest BCUT2D eigenvalue weighted by molar-refractivity contribution is 7.92. The van der Waals surface area contributed by atoms with E-state index < -0.39 is 10.0 Å². The van der Waals surface area contributed by atoms with E-state index in [1.807, 2.05) is 13.0 Å². The summed E-state index contributed by atoms with van der Waals surface area (Å²) in [7, 11) is -3.57. The van der Waals surface area contributed by atoms with Gasteiger partial charge in [0.15, 0.2) is 0 Å². The number of unbranched alkanes of at least 4 members (excludes halogenated alkanes) is 1. The van der Waals surface area contributed by atoms with Gasteiger partial charge in [0.25, 0.3) is 0 Å². The lowest BCUT2D eigenvalue weighted by Gasteiger charge is -2.23. The topological polar surface area (TPSA) is 90.3 Å². The minimum atomic E-state index is -3.57. The highest BCUT2D eigenvalue weighted by Gasteiger charge is 2.21. The van der Waals surface area contributed by atoms with Crippen LogP contribution in [0.1, 0.15) is 31.7 Å². The van der Waals surface area contributed by atoms with Gasteiger partial charge in [-0.05, 0) is 18.6 Å². The molecule has 0 atom stereocenters. The molecule has 7 heteroatoms. The van der Waals surface area contributed by atoms with E-state index in [-0.39, 0.29) is 24.4 Å². The summed E-state index contributed by atoms with van der Waals surface area (Å²) in [6, 6.07) is 8.41. The molecule has 0 aliphatic rings. The van der Waals surface area contributed by atoms with Crippen molar-refractivity contribution in [2.24, 2.45) is 0 Å². The lowest BCUT2D eigenvalue weighted by molar-refractivity contribution is -0.120. The Morgan fingerprint density at radius 3 is 2.64 bits per heavy atom. The van der Waals surface area contributed by atoms with Gasteiger partial charge in [0.1, 0.15) is 6.07 Å². The fourth-order valence-electron chi connectivity index (χ4n) is 1.95. The second-order valence-corrected chi connectivity index (χ2v) is 6.82. The molecule has 1 amide bonds. The average molecular weight is 323 g/mol. The molecule has 1 aromatic carbocycles. The van der Waals surface area contributed by atoms with Crippen molar-refractivity contribution in [3.05, 3.63) is 29.8 Å². The third-order valence-electron chi connectivity index (χ3n) is 3.09. The van der Waals surface area contributed by atoms with Gasteiger partial charge < -0.3 is 5.32 Å². The van der Waals surface area contributed by atoms with Gasteiger partial charge in [-0.2, -0.15) is 5.26 Å². The van der Waals surface area contributed by atoms with E-state index in [9.17, 15) is 13.2 Å². The van der Waals surface area contributed by atoms with Crippen LogP contribution in [0.2, 0.25) is 0 Å². The predicted molar refractivity (Wildman–Crippen MR) is 85.9 cm³/mol. The van der Waals surface area contributed by atoms with Gasteiger partial charge in [-0.25, -0.2) is 8.42 Å². The molecule has 0 radical (unpaired) electrons. The molecule has 1 aromatic rings. The first-order chi connectivity index (χ1) is 10.4. The lowest BCUT2D eigenvalue weighted by Crippen LogP contribution is -2.35. The molecular formula is C15H21N3O3S. The van der Waals surface area contributed by atoms with Crippen molar-refractivity contribution in [3.8, 4) is 6.07 Å². The molecule has 0 aromatic heterocycles. The van der Waals surface area contributed by atoms with E-state index in [2.05, 4.69) is 5.32 Å². The first-order valence-corrected chi connectivity index (χ1v) is 8.98. The maximum atomic E-state index is 12.0. The van der Waals surface area contributed by atoms with Crippen molar-refractivity contribution < 1.29 is 13.2 Å². The van der Waals surface area contributed by atoms with E-state index in [4.69, 9.17) is 5.26 Å². The Kier molecular flexibility index (Phi) is 6.86. The smallest absolute Gasteiger partial charge is 0.232 e. The molecule has 22 heavy (non-hydrogen) atoms. The van der Waals surface area contributed by atoms with E-state index in [0.29, 0.717) is 12.2 Å². The number of nitrogens with zero attached hydrogens (tertiary/aromatic N) is 2. The van der Waals surface area contributed by atoms with E-state index in [1.54, 1.807) is 24.3 Å². The third kappa shape index (κ3) is 5.37. The second-order valence-electron chi connectivity index (χ2n) is 4.92. The fourth-order valence-corrected chi connectivity index (χ4v) is 2.89. The van der Waals surface area contributed by atoms with Gasteiger partial charge >= 0.3 is 0 Å². The fraction of sp³-hybridized carbons (Fsp3) is 0.467. The summed E-state index contributed by atoms with van der Waals surface area (Å²) < 4.78 is 25.0. The number of nitrogens with one attached hydrogen (secondary N) is 1. The Labute approximate surface area is 131 Å². The molecule has 1 rings (SSSR count). The average Bonchev–Trinajstić information content (AvgIpc) is 2.47. The number of benzene rings is 1. The number of hydrogen-bond donors (Lipinski definition) is 1. The summed E-state index contributed by atoms with van der Waals surface area (Å²) in [5.74, 6) is -0.198. The molecule has 0 saturated carbocycles. The Bertz CT molecular complexity index is 650. The number of para-hydroxylation sites is 1. The van der Waals surface area contributed by atoms with Gasteiger partial charge in [-0.15, -0.1) is 0 Å². The van der Waals surface area contributed by atoms with Crippen LogP contribution in [0.3, 0.4) is 0 Å². The van der Waals surface area contributed by atoms with Crippen LogP contribution < -0.4 is 9.62 Å². The van der Waals surface area contributed by atoms with Crippen LogP contribution in [0.15, 0.2) is 24.3 Å². The number of rotatable bonds is 8. The monoisotopic (exact) mass is 323 g/mol. The maximum absolute atomic E-state index is 12.0. The summed E-state index contributed by atoms with van der Waals surface area (Å²) >= 11 is 0. The Balaban J connectivity index is 2.84. The molecule has 0 unspecified atom stereocenters. The summed E-state index contributed by atoms with van der Waals surface area (Å²) in [6.07, 6.45) is 2.98. The molecule has 0 aliphatic heterocycles. The van der Waals surface area contributed by atoms with Gasteiger partial charge in [-0.1, -0.05) is 25.5 Å². The van der Waals surface area contributed by atoms with Crippen molar-refractivity contribution in [2.75, 3.05) is 23.7 Å². The molecule has 120 valence electrons. The number of nitriles is 1. The van der Waals surface area contributed by atoms with Crippen LogP contribution in [0.25, 0.3) is 0 Å². The van der Waals surface area contributed by atoms with Crippen LogP contribution in [0, 0.1) is 11.3 Å². The molecule has 0 saturated heterocycles. The number of hydrogen-bond acceptors (Lipinski definition) is 4. The molecule has 6 nitrogen and oxygen atoms in total. The Morgan fingerprint density at radius 1 is 1.36 bits per heavy atom. The van der Waals surface area contributed by atoms with Crippen LogP contribution in [0.5, 0.6) is 0 Å². The molecule has 0 heterocycles. The SMILES string of the molecule is CCCCNC(=O)CCN(c1ccccc1C#N)S(C)(=O)=O. The van der Waals surface area contributed by atoms with Crippen molar-refractivity contribution in [2.45, 2.75) is 26.2 Å². The van der Waals surface area contributed by atoms with Gasteiger partial charge in [0.2, 0.25) is 15.9 Å². The number of carbonyl (C=O) groups excluding carboxylic acids is 1. The standard InChI is InChI=1S/C15H21N3O3S/c1-3-4-10-17-15(19)9-11-18(22(2,20)21)14-8-6-5-7-13(14)12-16/h5-8H,3-4,9-11H2,1-2H3,(H,17,19). The highest BCUT2D eigenvalue weighted by Crippen LogP contribution is 2.22. The van der Waals surface area contributed by atoms with E-state index in [0.717, 1.165) is 23.4 Å². The van der Waals surface area contributed by atoms with Crippen LogP contribution in [-0.2, 0) is 14.8 Å². The first-order valence-electron chi connectivity index (χ1n) is 7.13. The number of carbonyl (C=O) groups is 1. The van der Waals surface area contributed by atoms with Crippen LogP contribution in [-0.4, -0.2) is 33.7 Å². The minimum absolute atomic E-state index is 0.00941. The normalized spacial score (nSPS) is 10.8. The van der Waals surface area contributed by atoms with Crippen LogP contribution >= 0.6 is 0 Å². The molecule has 0 fully saturated rings. The van der Waals surface area contributed by atoms with Crippen molar-refractivity contribution >= 4 is 21.6 Å². The summed E-state index contributed by atoms with van der Waals surface area (Å²) in [6.45, 7) is 2.62. The largest absolute Gasteiger partial charge is 0.356 e. The summed E-state index contributed by atoms with van der Waals surface area (Å²) in [4.78, 5) is 11.7. The zero-order valence-electron chi connectivity index (χ0n) is 12.9. The molecule has 1 N–H and O–H groups in total. The van der Waals surface area contributed by atoms with E-state index in [1.165, 1.54) is 0 Å². The quantitative estimate of drug-likeness (QED) is 0.736. The van der Waals surface area contributed by atoms with Gasteiger partial charge in [0, 0.05) is 19.5 Å². The third-order valence-corrected chi connectivity index (χ3v) is 4.27. The van der Waals surface area contributed by atoms with Crippen molar-refractivity contribution in [1.29, 1.82) is 5.26 Å². The molecule has 0 bridgehead atoms. The zero-order valence-corrected chi connectivity index (χ0v) is 13.7. The first kappa shape index (κ1) is 18.0. The van der Waals surface area contributed by atoms with Gasteiger partial charge in [-0.3, -0.25) is 9.10 Å². The van der Waals surface area contributed by atoms with Crippen LogP contribution in [0.4, 0.5) is 5.69 Å². The summed E-state index contributed by atoms with van der Waals surface area (Å²) in [5.41, 5.74) is 0.563. The van der Waals surface area contributed by atoms with E-state index >= 15 is 0 Å². The zero-order chi connectivity index (χ0) is 16.6. The predicted octanol–water partition coefficient (Wildman–Crippen LogP) is 1.63. The van der Waals surface area contributed by atoms with Crippen molar-refractivity contribution in [3.63, 3.8) is 0 Å². The number of sulfonamides is 1. The summed E-state index contributed by atoms with van der Waals surface area (Å²) in [5, 5.41) is 11.8. The number of amides is 1. The van der Waals surface area contributed by atoms with Gasteiger partial charge in [0.05, 0.1) is 17.5 Å². The lowest BCUT2D eigenvalue weighted by atomic mass is 10.2. The number of anilines is 1. The molecule has 0 spiro atoms. The van der Waals surface area contributed by atoms with Crippen molar-refractivity contribution in [1.82, 2.24) is 5.32 Å². The molecule has 0 aliphatic carbocycles.